The molecule has 1 aliphatic rings. The molecular weight excluding hydrogens is 191 g/mol. The van der Waals surface area contributed by atoms with Gasteiger partial charge in [0.2, 0.25) is 6.29 Å². The lowest BCUT2D eigenvalue weighted by Crippen LogP contribution is -2.30. The third kappa shape index (κ3) is 2.22. The highest BCUT2D eigenvalue weighted by Gasteiger charge is 2.43. The maximum absolute atomic E-state index is 10.5. The van der Waals surface area contributed by atoms with Crippen LogP contribution in [0.4, 0.5) is 0 Å². The SMILES string of the molecule is CC(=O)OC1OCCC1(Cl)Cl. The van der Waals surface area contributed by atoms with Crippen molar-refractivity contribution in [2.45, 2.75) is 24.0 Å². The average Bonchev–Trinajstić information content (AvgIpc) is 2.10. The number of alkyl halides is 2. The quantitative estimate of drug-likeness (QED) is 0.473. The number of carbonyl (C=O) groups excluding carboxylic acids is 1. The van der Waals surface area contributed by atoms with Crippen molar-refractivity contribution in [3.63, 3.8) is 0 Å². The van der Waals surface area contributed by atoms with Crippen molar-refractivity contribution >= 4 is 29.2 Å². The molecule has 0 aromatic rings. The first-order valence-electron chi connectivity index (χ1n) is 3.19. The second kappa shape index (κ2) is 3.17. The molecule has 0 saturated carbocycles. The fourth-order valence-corrected chi connectivity index (χ4v) is 1.18. The molecule has 0 aromatic heterocycles. The highest BCUT2D eigenvalue weighted by molar-refractivity contribution is 6.49. The van der Waals surface area contributed by atoms with Crippen LogP contribution in [-0.2, 0) is 14.3 Å². The molecule has 0 amide bonds. The van der Waals surface area contributed by atoms with Gasteiger partial charge in [-0.3, -0.25) is 4.79 Å². The molecule has 1 heterocycles. The minimum atomic E-state index is -1.08. The Morgan fingerprint density at radius 3 is 2.73 bits per heavy atom. The van der Waals surface area contributed by atoms with E-state index >= 15 is 0 Å². The normalized spacial score (nSPS) is 28.5. The highest BCUT2D eigenvalue weighted by Crippen LogP contribution is 2.37. The first-order chi connectivity index (χ1) is 5.02. The number of hydrogen-bond acceptors (Lipinski definition) is 3. The summed E-state index contributed by atoms with van der Waals surface area (Å²) in [6, 6.07) is 0. The fraction of sp³-hybridized carbons (Fsp3) is 0.833. The Morgan fingerprint density at radius 2 is 2.36 bits per heavy atom. The van der Waals surface area contributed by atoms with Gasteiger partial charge in [0.15, 0.2) is 4.33 Å². The summed E-state index contributed by atoms with van der Waals surface area (Å²) in [6.45, 7) is 1.70. The van der Waals surface area contributed by atoms with Crippen molar-refractivity contribution in [3.8, 4) is 0 Å². The molecule has 1 unspecified atom stereocenters. The van der Waals surface area contributed by atoms with E-state index in [1.807, 2.05) is 0 Å². The van der Waals surface area contributed by atoms with Gasteiger partial charge < -0.3 is 9.47 Å². The molecular formula is C6H8Cl2O3. The number of rotatable bonds is 1. The van der Waals surface area contributed by atoms with E-state index in [2.05, 4.69) is 0 Å². The summed E-state index contributed by atoms with van der Waals surface area (Å²) in [6.07, 6.45) is -0.336. The molecule has 11 heavy (non-hydrogen) atoms. The number of esters is 1. The first kappa shape index (κ1) is 9.10. The van der Waals surface area contributed by atoms with E-state index in [9.17, 15) is 4.79 Å². The summed E-state index contributed by atoms with van der Waals surface area (Å²) in [4.78, 5) is 10.5. The predicted octanol–water partition coefficient (Wildman–Crippen LogP) is 1.47. The van der Waals surface area contributed by atoms with E-state index in [0.717, 1.165) is 0 Å². The van der Waals surface area contributed by atoms with Crippen LogP contribution in [0.3, 0.4) is 0 Å². The Labute approximate surface area is 74.6 Å². The molecule has 0 spiro atoms. The van der Waals surface area contributed by atoms with Gasteiger partial charge in [-0.1, -0.05) is 23.2 Å². The van der Waals surface area contributed by atoms with Crippen LogP contribution in [0.2, 0.25) is 0 Å². The molecule has 1 rings (SSSR count). The van der Waals surface area contributed by atoms with E-state index in [1.165, 1.54) is 6.92 Å². The number of hydrogen-bond donors (Lipinski definition) is 0. The molecule has 1 atom stereocenters. The highest BCUT2D eigenvalue weighted by atomic mass is 35.5. The van der Waals surface area contributed by atoms with Gasteiger partial charge in [-0.25, -0.2) is 0 Å². The number of carbonyl (C=O) groups is 1. The zero-order chi connectivity index (χ0) is 8.48. The minimum Gasteiger partial charge on any atom is -0.433 e. The van der Waals surface area contributed by atoms with Crippen LogP contribution in [0, 0.1) is 0 Å². The summed E-state index contributed by atoms with van der Waals surface area (Å²) in [7, 11) is 0. The smallest absolute Gasteiger partial charge is 0.305 e. The minimum absolute atomic E-state index is 0.422. The Hall–Kier alpha value is 0.01000. The molecule has 1 saturated heterocycles. The van der Waals surface area contributed by atoms with Crippen molar-refractivity contribution in [3.05, 3.63) is 0 Å². The molecule has 0 bridgehead atoms. The molecule has 0 aromatic carbocycles. The summed E-state index contributed by atoms with van der Waals surface area (Å²) in [5.41, 5.74) is 0. The Kier molecular flexibility index (Phi) is 2.62. The third-order valence-corrected chi connectivity index (χ3v) is 2.06. The summed E-state index contributed by atoms with van der Waals surface area (Å²) in [5, 5.41) is 0. The molecule has 1 aliphatic heterocycles. The second-order valence-corrected chi connectivity index (χ2v) is 3.87. The van der Waals surface area contributed by atoms with E-state index in [4.69, 9.17) is 32.7 Å². The van der Waals surface area contributed by atoms with Gasteiger partial charge in [-0.2, -0.15) is 0 Å². The average molecular weight is 199 g/mol. The van der Waals surface area contributed by atoms with Crippen molar-refractivity contribution in [2.75, 3.05) is 6.61 Å². The topological polar surface area (TPSA) is 35.5 Å². The monoisotopic (exact) mass is 198 g/mol. The van der Waals surface area contributed by atoms with Crippen LogP contribution in [-0.4, -0.2) is 23.2 Å². The van der Waals surface area contributed by atoms with Crippen molar-refractivity contribution in [1.82, 2.24) is 0 Å². The lowest BCUT2D eigenvalue weighted by Gasteiger charge is -2.19. The molecule has 0 N–H and O–H groups in total. The predicted molar refractivity (Wildman–Crippen MR) is 40.6 cm³/mol. The van der Waals surface area contributed by atoms with Gasteiger partial charge in [-0.05, 0) is 0 Å². The van der Waals surface area contributed by atoms with Gasteiger partial charge >= 0.3 is 5.97 Å². The van der Waals surface area contributed by atoms with E-state index in [1.54, 1.807) is 0 Å². The zero-order valence-corrected chi connectivity index (χ0v) is 7.48. The van der Waals surface area contributed by atoms with Crippen LogP contribution in [0.5, 0.6) is 0 Å². The summed E-state index contributed by atoms with van der Waals surface area (Å²) in [5.74, 6) is -0.442. The molecule has 64 valence electrons. The zero-order valence-electron chi connectivity index (χ0n) is 5.97. The van der Waals surface area contributed by atoms with Crippen LogP contribution in [0.1, 0.15) is 13.3 Å². The largest absolute Gasteiger partial charge is 0.433 e. The van der Waals surface area contributed by atoms with E-state index in [0.29, 0.717) is 13.0 Å². The van der Waals surface area contributed by atoms with Crippen molar-refractivity contribution in [1.29, 1.82) is 0 Å². The standard InChI is InChI=1S/C6H8Cl2O3/c1-4(9)11-5-6(7,8)2-3-10-5/h5H,2-3H2,1H3. The van der Waals surface area contributed by atoms with Crippen LogP contribution >= 0.6 is 23.2 Å². The van der Waals surface area contributed by atoms with Crippen molar-refractivity contribution in [2.24, 2.45) is 0 Å². The Bertz CT molecular complexity index is 169. The number of halogens is 2. The Balaban J connectivity index is 2.51. The second-order valence-electron chi connectivity index (χ2n) is 2.32. The van der Waals surface area contributed by atoms with Gasteiger partial charge in [0.05, 0.1) is 6.61 Å². The van der Waals surface area contributed by atoms with Gasteiger partial charge in [-0.15, -0.1) is 0 Å². The van der Waals surface area contributed by atoms with Gasteiger partial charge in [0.1, 0.15) is 0 Å². The molecule has 5 heteroatoms. The molecule has 1 fully saturated rings. The van der Waals surface area contributed by atoms with Crippen molar-refractivity contribution < 1.29 is 14.3 Å². The van der Waals surface area contributed by atoms with Crippen LogP contribution < -0.4 is 0 Å². The lowest BCUT2D eigenvalue weighted by atomic mass is 10.3. The summed E-state index contributed by atoms with van der Waals surface area (Å²) < 4.78 is 8.60. The van der Waals surface area contributed by atoms with E-state index < -0.39 is 16.6 Å². The van der Waals surface area contributed by atoms with Crippen LogP contribution in [0.15, 0.2) is 0 Å². The maximum atomic E-state index is 10.5. The number of ether oxygens (including phenoxy) is 2. The van der Waals surface area contributed by atoms with Gasteiger partial charge in [0.25, 0.3) is 0 Å². The first-order valence-corrected chi connectivity index (χ1v) is 3.94. The lowest BCUT2D eigenvalue weighted by molar-refractivity contribution is -0.167. The van der Waals surface area contributed by atoms with Gasteiger partial charge in [0, 0.05) is 13.3 Å². The van der Waals surface area contributed by atoms with Crippen LogP contribution in [0.25, 0.3) is 0 Å². The molecule has 0 aliphatic carbocycles. The third-order valence-electron chi connectivity index (χ3n) is 1.32. The fourth-order valence-electron chi connectivity index (χ4n) is 0.813. The maximum Gasteiger partial charge on any atom is 0.305 e. The molecule has 0 radical (unpaired) electrons. The van der Waals surface area contributed by atoms with E-state index in [-0.39, 0.29) is 0 Å². The Morgan fingerprint density at radius 1 is 1.73 bits per heavy atom. The molecule has 3 nitrogen and oxygen atoms in total. The summed E-state index contributed by atoms with van der Waals surface area (Å²) >= 11 is 11.5.